The van der Waals surface area contributed by atoms with E-state index in [1.807, 2.05) is 4.90 Å². The van der Waals surface area contributed by atoms with Gasteiger partial charge in [-0.25, -0.2) is 4.98 Å². The van der Waals surface area contributed by atoms with Crippen molar-refractivity contribution < 1.29 is 4.79 Å². The second kappa shape index (κ2) is 7.63. The number of amides is 1. The van der Waals surface area contributed by atoms with E-state index in [9.17, 15) is 4.79 Å². The standard InChI is InChI=1S/C20H27N5OS2/c1-11(2)17-21-19-16(13(4)14(5)28-19)18-22-23-20(25(17)18)27-10-15(26)24-8-6-7-12(3)9-24/h11-12H,6-10H2,1-5H3/t12-/m0/s1. The zero-order valence-corrected chi connectivity index (χ0v) is 18.8. The molecule has 1 aliphatic heterocycles. The van der Waals surface area contributed by atoms with Crippen LogP contribution in [0.4, 0.5) is 0 Å². The number of carbonyl (C=O) groups is 1. The normalized spacial score (nSPS) is 17.9. The van der Waals surface area contributed by atoms with Gasteiger partial charge < -0.3 is 4.90 Å². The number of thiophene rings is 1. The number of hydrogen-bond donors (Lipinski definition) is 0. The lowest BCUT2D eigenvalue weighted by Crippen LogP contribution is -2.40. The number of aromatic nitrogens is 4. The highest BCUT2D eigenvalue weighted by Crippen LogP contribution is 2.34. The van der Waals surface area contributed by atoms with Crippen molar-refractivity contribution in [1.82, 2.24) is 24.5 Å². The number of hydrogen-bond acceptors (Lipinski definition) is 6. The van der Waals surface area contributed by atoms with Gasteiger partial charge >= 0.3 is 0 Å². The van der Waals surface area contributed by atoms with Crippen LogP contribution >= 0.6 is 23.1 Å². The third-order valence-electron chi connectivity index (χ3n) is 5.52. The van der Waals surface area contributed by atoms with Crippen LogP contribution in [0.1, 0.15) is 55.8 Å². The summed E-state index contributed by atoms with van der Waals surface area (Å²) >= 11 is 3.19. The first-order valence-electron chi connectivity index (χ1n) is 9.92. The molecule has 0 N–H and O–H groups in total. The summed E-state index contributed by atoms with van der Waals surface area (Å²) in [6.07, 6.45) is 2.31. The van der Waals surface area contributed by atoms with Gasteiger partial charge in [-0.2, -0.15) is 0 Å². The molecular formula is C20H27N5OS2. The molecule has 3 aromatic rings. The third-order valence-corrected chi connectivity index (χ3v) is 7.53. The van der Waals surface area contributed by atoms with E-state index in [4.69, 9.17) is 4.98 Å². The lowest BCUT2D eigenvalue weighted by molar-refractivity contribution is -0.130. The summed E-state index contributed by atoms with van der Waals surface area (Å²) in [7, 11) is 0. The van der Waals surface area contributed by atoms with Gasteiger partial charge in [0.1, 0.15) is 10.7 Å². The Labute approximate surface area is 173 Å². The molecule has 0 aromatic carbocycles. The summed E-state index contributed by atoms with van der Waals surface area (Å²) in [4.78, 5) is 21.9. The number of piperidine rings is 1. The lowest BCUT2D eigenvalue weighted by atomic mass is 10.0. The molecule has 150 valence electrons. The van der Waals surface area contributed by atoms with Gasteiger partial charge in [0.25, 0.3) is 0 Å². The Kier molecular flexibility index (Phi) is 5.35. The molecule has 0 spiro atoms. The second-order valence-corrected chi connectivity index (χ2v) is 10.3. The van der Waals surface area contributed by atoms with E-state index < -0.39 is 0 Å². The molecule has 3 aromatic heterocycles. The van der Waals surface area contributed by atoms with Crippen LogP contribution < -0.4 is 0 Å². The van der Waals surface area contributed by atoms with Crippen molar-refractivity contribution in [3.8, 4) is 0 Å². The molecule has 1 aliphatic rings. The first-order valence-corrected chi connectivity index (χ1v) is 11.7. The van der Waals surface area contributed by atoms with Gasteiger partial charge in [-0.1, -0.05) is 32.5 Å². The Hall–Kier alpha value is -1.67. The van der Waals surface area contributed by atoms with E-state index >= 15 is 0 Å². The first kappa shape index (κ1) is 19.6. The minimum absolute atomic E-state index is 0.191. The molecule has 4 rings (SSSR count). The van der Waals surface area contributed by atoms with Crippen molar-refractivity contribution in [2.45, 2.75) is 58.5 Å². The van der Waals surface area contributed by atoms with Crippen molar-refractivity contribution in [1.29, 1.82) is 0 Å². The van der Waals surface area contributed by atoms with Crippen molar-refractivity contribution in [3.63, 3.8) is 0 Å². The molecule has 8 heteroatoms. The molecule has 0 aliphatic carbocycles. The lowest BCUT2D eigenvalue weighted by Gasteiger charge is -2.30. The molecule has 1 atom stereocenters. The zero-order chi connectivity index (χ0) is 20.0. The zero-order valence-electron chi connectivity index (χ0n) is 17.2. The second-order valence-electron chi connectivity index (χ2n) is 8.11. The van der Waals surface area contributed by atoms with E-state index in [1.54, 1.807) is 11.3 Å². The van der Waals surface area contributed by atoms with Crippen LogP contribution in [0.25, 0.3) is 15.9 Å². The van der Waals surface area contributed by atoms with E-state index in [-0.39, 0.29) is 11.8 Å². The van der Waals surface area contributed by atoms with Gasteiger partial charge in [0.2, 0.25) is 5.91 Å². The van der Waals surface area contributed by atoms with Crippen molar-refractivity contribution in [2.24, 2.45) is 5.92 Å². The topological polar surface area (TPSA) is 63.4 Å². The average Bonchev–Trinajstić information content (AvgIpc) is 3.20. The van der Waals surface area contributed by atoms with Crippen LogP contribution in [0.3, 0.4) is 0 Å². The molecule has 28 heavy (non-hydrogen) atoms. The summed E-state index contributed by atoms with van der Waals surface area (Å²) in [5, 5.41) is 10.8. The van der Waals surface area contributed by atoms with Crippen LogP contribution in [0.5, 0.6) is 0 Å². The average molecular weight is 418 g/mol. The highest BCUT2D eigenvalue weighted by atomic mass is 32.2. The summed E-state index contributed by atoms with van der Waals surface area (Å²) < 4.78 is 2.06. The van der Waals surface area contributed by atoms with E-state index in [2.05, 4.69) is 49.2 Å². The van der Waals surface area contributed by atoms with Crippen LogP contribution in [-0.2, 0) is 4.79 Å². The predicted octanol–water partition coefficient (Wildman–Crippen LogP) is 4.43. The number of fused-ring (bicyclic) bond motifs is 3. The smallest absolute Gasteiger partial charge is 0.233 e. The van der Waals surface area contributed by atoms with Gasteiger partial charge in [-0.3, -0.25) is 9.20 Å². The Bertz CT molecular complexity index is 1040. The third kappa shape index (κ3) is 3.41. The molecule has 0 unspecified atom stereocenters. The Morgan fingerprint density at radius 2 is 2.11 bits per heavy atom. The summed E-state index contributed by atoms with van der Waals surface area (Å²) in [5.74, 6) is 2.37. The largest absolute Gasteiger partial charge is 0.342 e. The number of aryl methyl sites for hydroxylation is 2. The van der Waals surface area contributed by atoms with Crippen LogP contribution in [0.15, 0.2) is 5.16 Å². The van der Waals surface area contributed by atoms with E-state index in [0.717, 1.165) is 46.4 Å². The maximum Gasteiger partial charge on any atom is 0.233 e. The predicted molar refractivity (Wildman–Crippen MR) is 115 cm³/mol. The molecule has 0 radical (unpaired) electrons. The number of nitrogens with zero attached hydrogens (tertiary/aromatic N) is 5. The molecule has 0 bridgehead atoms. The molecule has 1 fully saturated rings. The minimum atomic E-state index is 0.191. The fourth-order valence-corrected chi connectivity index (χ4v) is 5.73. The maximum absolute atomic E-state index is 12.7. The number of thioether (sulfide) groups is 1. The highest BCUT2D eigenvalue weighted by molar-refractivity contribution is 7.99. The number of carbonyl (C=O) groups excluding carboxylic acids is 1. The fourth-order valence-electron chi connectivity index (χ4n) is 3.86. The van der Waals surface area contributed by atoms with Gasteiger partial charge in [0.05, 0.1) is 11.1 Å². The van der Waals surface area contributed by atoms with Crippen LogP contribution in [-0.4, -0.2) is 49.2 Å². The van der Waals surface area contributed by atoms with Crippen molar-refractivity contribution >= 4 is 44.9 Å². The Morgan fingerprint density at radius 1 is 1.32 bits per heavy atom. The number of likely N-dealkylation sites (tertiary alicyclic amines) is 1. The first-order chi connectivity index (χ1) is 13.4. The Morgan fingerprint density at radius 3 is 2.82 bits per heavy atom. The molecule has 4 heterocycles. The number of rotatable bonds is 4. The van der Waals surface area contributed by atoms with Gasteiger partial charge in [-0.05, 0) is 38.2 Å². The molecule has 1 saturated heterocycles. The monoisotopic (exact) mass is 417 g/mol. The summed E-state index contributed by atoms with van der Waals surface area (Å²) in [6.45, 7) is 12.5. The van der Waals surface area contributed by atoms with Crippen LogP contribution in [0.2, 0.25) is 0 Å². The molecule has 6 nitrogen and oxygen atoms in total. The van der Waals surface area contributed by atoms with Crippen LogP contribution in [0, 0.1) is 19.8 Å². The van der Waals surface area contributed by atoms with E-state index in [0.29, 0.717) is 11.7 Å². The molecule has 0 saturated carbocycles. The minimum Gasteiger partial charge on any atom is -0.342 e. The van der Waals surface area contributed by atoms with Crippen molar-refractivity contribution in [2.75, 3.05) is 18.8 Å². The molecule has 1 amide bonds. The Balaban J connectivity index is 1.68. The fraction of sp³-hybridized carbons (Fsp3) is 0.600. The van der Waals surface area contributed by atoms with Gasteiger partial charge in [0.15, 0.2) is 10.8 Å². The summed E-state index contributed by atoms with van der Waals surface area (Å²) in [6, 6.07) is 0. The highest BCUT2D eigenvalue weighted by Gasteiger charge is 2.24. The molecular weight excluding hydrogens is 390 g/mol. The maximum atomic E-state index is 12.7. The SMILES string of the molecule is Cc1sc2nc(C(C)C)n3c(SCC(=O)N4CCC[C@H](C)C4)nnc3c2c1C. The quantitative estimate of drug-likeness (QED) is 0.588. The van der Waals surface area contributed by atoms with Gasteiger partial charge in [0, 0.05) is 23.9 Å². The van der Waals surface area contributed by atoms with Gasteiger partial charge in [-0.15, -0.1) is 21.5 Å². The van der Waals surface area contributed by atoms with E-state index in [1.165, 1.54) is 28.6 Å². The summed E-state index contributed by atoms with van der Waals surface area (Å²) in [5.41, 5.74) is 2.08. The van der Waals surface area contributed by atoms with Crippen molar-refractivity contribution in [3.05, 3.63) is 16.3 Å².